The van der Waals surface area contributed by atoms with Crippen LogP contribution in [-0.4, -0.2) is 46.0 Å². The van der Waals surface area contributed by atoms with Crippen LogP contribution in [0.5, 0.6) is 0 Å². The Balaban J connectivity index is 4.57. The number of nitrogens with zero attached hydrogens (tertiary/aromatic N) is 1. The van der Waals surface area contributed by atoms with E-state index in [1.807, 2.05) is 6.92 Å². The number of hydrogen-bond donors (Lipinski definition) is 2. The molecule has 0 saturated carbocycles. The number of nitrogens with one attached hydrogen (secondary N) is 2. The molecule has 2 N–H and O–H groups in total. The minimum atomic E-state index is -2.91. The van der Waals surface area contributed by atoms with Crippen LogP contribution in [0.1, 0.15) is 53.9 Å². The smallest absolute Gasteiger partial charge is 0.191 e. The van der Waals surface area contributed by atoms with Gasteiger partial charge >= 0.3 is 0 Å². The summed E-state index contributed by atoms with van der Waals surface area (Å²) in [5, 5.41) is 6.64. The summed E-state index contributed by atoms with van der Waals surface area (Å²) in [6.07, 6.45) is 4.22. The maximum absolute atomic E-state index is 11.3. The molecule has 0 aliphatic rings. The summed E-state index contributed by atoms with van der Waals surface area (Å²) in [4.78, 5) is 4.63. The lowest BCUT2D eigenvalue weighted by Crippen LogP contribution is -2.40. The van der Waals surface area contributed by atoms with E-state index in [0.717, 1.165) is 31.9 Å². The lowest BCUT2D eigenvalue weighted by Gasteiger charge is -2.23. The molecule has 0 unspecified atom stereocenters. The molecule has 0 bridgehead atoms. The van der Waals surface area contributed by atoms with E-state index < -0.39 is 9.84 Å². The van der Waals surface area contributed by atoms with Crippen LogP contribution in [0.25, 0.3) is 0 Å². The van der Waals surface area contributed by atoms with E-state index in [0.29, 0.717) is 18.9 Å². The van der Waals surface area contributed by atoms with E-state index in [9.17, 15) is 8.42 Å². The van der Waals surface area contributed by atoms with Gasteiger partial charge in [-0.3, -0.25) is 4.99 Å². The van der Waals surface area contributed by atoms with Gasteiger partial charge in [-0.2, -0.15) is 0 Å². The number of guanidine groups is 1. The molecule has 22 heavy (non-hydrogen) atoms. The van der Waals surface area contributed by atoms with Crippen molar-refractivity contribution in [3.8, 4) is 0 Å². The summed E-state index contributed by atoms with van der Waals surface area (Å²) >= 11 is 0. The predicted octanol–water partition coefficient (Wildman–Crippen LogP) is 2.44. The van der Waals surface area contributed by atoms with Gasteiger partial charge in [0.25, 0.3) is 0 Å². The second kappa shape index (κ2) is 10.1. The molecule has 0 rings (SSSR count). The van der Waals surface area contributed by atoms with E-state index >= 15 is 0 Å². The van der Waals surface area contributed by atoms with Gasteiger partial charge < -0.3 is 10.6 Å². The van der Waals surface area contributed by atoms with Crippen molar-refractivity contribution in [2.75, 3.05) is 31.6 Å². The van der Waals surface area contributed by atoms with Crippen molar-refractivity contribution < 1.29 is 8.42 Å². The fourth-order valence-electron chi connectivity index (χ4n) is 1.99. The molecule has 0 fully saturated rings. The molecule has 0 aromatic rings. The minimum absolute atomic E-state index is 0.125. The topological polar surface area (TPSA) is 70.6 Å². The Hall–Kier alpha value is -0.780. The van der Waals surface area contributed by atoms with E-state index in [1.165, 1.54) is 6.26 Å². The Bertz CT molecular complexity index is 427. The third-order valence-electron chi connectivity index (χ3n) is 3.87. The molecule has 0 saturated heterocycles. The molecule has 0 aliphatic heterocycles. The van der Waals surface area contributed by atoms with Gasteiger partial charge in [-0.15, -0.1) is 0 Å². The zero-order valence-corrected chi connectivity index (χ0v) is 16.0. The fraction of sp³-hybridized carbons (Fsp3) is 0.938. The van der Waals surface area contributed by atoms with E-state index in [1.54, 1.807) is 0 Å². The third kappa shape index (κ3) is 10.9. The van der Waals surface area contributed by atoms with Gasteiger partial charge in [-0.1, -0.05) is 40.5 Å². The van der Waals surface area contributed by atoms with E-state index in [2.05, 4.69) is 43.3 Å². The first kappa shape index (κ1) is 21.2. The zero-order chi connectivity index (χ0) is 17.2. The normalized spacial score (nSPS) is 13.5. The maximum atomic E-state index is 11.3. The van der Waals surface area contributed by atoms with Crippen LogP contribution in [0.4, 0.5) is 0 Å². The second-order valence-electron chi connectivity index (χ2n) is 6.80. The van der Waals surface area contributed by atoms with Crippen LogP contribution in [-0.2, 0) is 9.84 Å². The first-order valence-corrected chi connectivity index (χ1v) is 10.4. The highest BCUT2D eigenvalue weighted by molar-refractivity contribution is 7.90. The van der Waals surface area contributed by atoms with Gasteiger partial charge in [-0.05, 0) is 24.7 Å². The Labute approximate surface area is 137 Å². The number of rotatable bonds is 10. The van der Waals surface area contributed by atoms with Gasteiger partial charge in [-0.25, -0.2) is 8.42 Å². The molecule has 0 heterocycles. The monoisotopic (exact) mass is 333 g/mol. The van der Waals surface area contributed by atoms with Crippen LogP contribution in [0, 0.1) is 11.3 Å². The van der Waals surface area contributed by atoms with Crippen LogP contribution in [0.2, 0.25) is 0 Å². The molecule has 0 aliphatic carbocycles. The molecule has 0 spiro atoms. The summed E-state index contributed by atoms with van der Waals surface area (Å²) in [5.74, 6) is 1.69. The highest BCUT2D eigenvalue weighted by atomic mass is 32.2. The summed E-state index contributed by atoms with van der Waals surface area (Å²) in [7, 11) is -2.91. The third-order valence-corrected chi connectivity index (χ3v) is 4.82. The van der Waals surface area contributed by atoms with Gasteiger partial charge in [0.1, 0.15) is 9.84 Å². The molecule has 0 aromatic carbocycles. The van der Waals surface area contributed by atoms with Crippen molar-refractivity contribution in [2.45, 2.75) is 53.9 Å². The average molecular weight is 334 g/mol. The van der Waals surface area contributed by atoms with Crippen molar-refractivity contribution in [1.29, 1.82) is 0 Å². The molecule has 6 heteroatoms. The quantitative estimate of drug-likeness (QED) is 0.476. The molecule has 0 amide bonds. The highest BCUT2D eigenvalue weighted by Gasteiger charge is 2.20. The molecular formula is C16H35N3O2S. The molecule has 132 valence electrons. The Morgan fingerprint density at radius 3 is 2.18 bits per heavy atom. The summed E-state index contributed by atoms with van der Waals surface area (Å²) in [6, 6.07) is 0. The average Bonchev–Trinajstić information content (AvgIpc) is 2.43. The SMILES string of the molecule is CCNC(=NCC(C)(C)CCS(C)(=O)=O)NCC(CC)CC. The van der Waals surface area contributed by atoms with Gasteiger partial charge in [0, 0.05) is 25.9 Å². The Morgan fingerprint density at radius 1 is 1.14 bits per heavy atom. The fourth-order valence-corrected chi connectivity index (χ4v) is 2.92. The minimum Gasteiger partial charge on any atom is -0.357 e. The first-order chi connectivity index (χ1) is 10.1. The van der Waals surface area contributed by atoms with Crippen LogP contribution >= 0.6 is 0 Å². The van der Waals surface area contributed by atoms with Gasteiger partial charge in [0.15, 0.2) is 5.96 Å². The predicted molar refractivity (Wildman–Crippen MR) is 96.2 cm³/mol. The summed E-state index contributed by atoms with van der Waals surface area (Å²) in [5.41, 5.74) is -0.125. The molecule has 5 nitrogen and oxygen atoms in total. The zero-order valence-electron chi connectivity index (χ0n) is 15.2. The van der Waals surface area contributed by atoms with Crippen molar-refractivity contribution >= 4 is 15.8 Å². The van der Waals surface area contributed by atoms with E-state index in [4.69, 9.17) is 0 Å². The summed E-state index contributed by atoms with van der Waals surface area (Å²) < 4.78 is 22.6. The van der Waals surface area contributed by atoms with Crippen molar-refractivity contribution in [3.05, 3.63) is 0 Å². The maximum Gasteiger partial charge on any atom is 0.191 e. The van der Waals surface area contributed by atoms with Crippen LogP contribution < -0.4 is 10.6 Å². The lowest BCUT2D eigenvalue weighted by molar-refractivity contribution is 0.365. The number of sulfone groups is 1. The second-order valence-corrected chi connectivity index (χ2v) is 9.06. The standard InChI is InChI=1S/C16H35N3O2S/c1-7-14(8-2)12-18-15(17-9-3)19-13-16(4,5)10-11-22(6,20)21/h14H,7-13H2,1-6H3,(H2,17,18,19). The van der Waals surface area contributed by atoms with Crippen molar-refractivity contribution in [3.63, 3.8) is 0 Å². The van der Waals surface area contributed by atoms with Gasteiger partial charge in [0.05, 0.1) is 5.75 Å². The Morgan fingerprint density at radius 2 is 1.73 bits per heavy atom. The molecule has 0 radical (unpaired) electrons. The molecular weight excluding hydrogens is 298 g/mol. The highest BCUT2D eigenvalue weighted by Crippen LogP contribution is 2.21. The Kier molecular flexibility index (Phi) is 9.72. The van der Waals surface area contributed by atoms with Crippen molar-refractivity contribution in [1.82, 2.24) is 10.6 Å². The van der Waals surface area contributed by atoms with Crippen LogP contribution in [0.3, 0.4) is 0 Å². The van der Waals surface area contributed by atoms with Gasteiger partial charge in [0.2, 0.25) is 0 Å². The first-order valence-electron chi connectivity index (χ1n) is 8.33. The molecule has 0 atom stereocenters. The summed E-state index contributed by atoms with van der Waals surface area (Å²) in [6.45, 7) is 12.9. The van der Waals surface area contributed by atoms with Crippen molar-refractivity contribution in [2.24, 2.45) is 16.3 Å². The largest absolute Gasteiger partial charge is 0.357 e. The number of aliphatic imine (C=N–C) groups is 1. The molecule has 0 aromatic heterocycles. The van der Waals surface area contributed by atoms with E-state index in [-0.39, 0.29) is 11.2 Å². The van der Waals surface area contributed by atoms with Crippen LogP contribution in [0.15, 0.2) is 4.99 Å². The lowest BCUT2D eigenvalue weighted by atomic mass is 9.90. The number of hydrogen-bond acceptors (Lipinski definition) is 3.